The molecule has 0 aliphatic carbocycles. The average Bonchev–Trinajstić information content (AvgIpc) is 2.74. The van der Waals surface area contributed by atoms with Crippen LogP contribution in [0.15, 0.2) is 24.3 Å². The molecule has 0 saturated carbocycles. The van der Waals surface area contributed by atoms with Gasteiger partial charge in [0.2, 0.25) is 0 Å². The number of carbonyl (C=O) groups is 2. The second kappa shape index (κ2) is 4.88. The van der Waals surface area contributed by atoms with E-state index in [0.29, 0.717) is 0 Å². The Morgan fingerprint density at radius 1 is 1.32 bits per heavy atom. The molecule has 1 saturated heterocycles. The maximum absolute atomic E-state index is 12.3. The van der Waals surface area contributed by atoms with E-state index in [1.54, 1.807) is 0 Å². The summed E-state index contributed by atoms with van der Waals surface area (Å²) in [5, 5.41) is 2.35. The van der Waals surface area contributed by atoms with Crippen LogP contribution >= 0.6 is 0 Å². The number of hydroxylamine groups is 1. The highest BCUT2D eigenvalue weighted by molar-refractivity contribution is 5.97. The number of rotatable bonds is 2. The van der Waals surface area contributed by atoms with Crippen LogP contribution in [0.2, 0.25) is 0 Å². The lowest BCUT2D eigenvalue weighted by Crippen LogP contribution is -2.41. The molecule has 1 fully saturated rings. The van der Waals surface area contributed by atoms with Crippen LogP contribution in [0.1, 0.15) is 15.9 Å². The maximum atomic E-state index is 12.3. The van der Waals surface area contributed by atoms with Gasteiger partial charge in [-0.3, -0.25) is 14.4 Å². The second-order valence-electron chi connectivity index (χ2n) is 3.88. The molecular formula is C11H9F3N2O3. The number of halogens is 3. The Bertz CT molecular complexity index is 499. The van der Waals surface area contributed by atoms with Gasteiger partial charge in [0, 0.05) is 5.56 Å². The lowest BCUT2D eigenvalue weighted by Gasteiger charge is -2.10. The minimum Gasteiger partial charge on any atom is -0.338 e. The molecule has 0 aromatic heterocycles. The lowest BCUT2D eigenvalue weighted by atomic mass is 10.1. The largest absolute Gasteiger partial charge is 0.416 e. The van der Waals surface area contributed by atoms with Crippen molar-refractivity contribution in [2.24, 2.45) is 0 Å². The maximum Gasteiger partial charge on any atom is 0.416 e. The van der Waals surface area contributed by atoms with Gasteiger partial charge in [-0.05, 0) is 24.3 Å². The van der Waals surface area contributed by atoms with Gasteiger partial charge in [0.15, 0.2) is 0 Å². The van der Waals surface area contributed by atoms with Gasteiger partial charge in [0.1, 0.15) is 12.6 Å². The van der Waals surface area contributed by atoms with E-state index in [0.717, 1.165) is 24.3 Å². The van der Waals surface area contributed by atoms with Gasteiger partial charge in [-0.25, -0.2) is 5.48 Å². The molecule has 5 nitrogen and oxygen atoms in total. The quantitative estimate of drug-likeness (QED) is 0.840. The molecule has 1 aromatic rings. The molecule has 0 spiro atoms. The zero-order valence-corrected chi connectivity index (χ0v) is 9.45. The van der Waals surface area contributed by atoms with E-state index in [1.807, 2.05) is 0 Å². The van der Waals surface area contributed by atoms with Gasteiger partial charge in [-0.2, -0.15) is 13.2 Å². The molecule has 2 amide bonds. The van der Waals surface area contributed by atoms with Gasteiger partial charge >= 0.3 is 6.18 Å². The minimum absolute atomic E-state index is 0.0226. The highest BCUT2D eigenvalue weighted by atomic mass is 19.4. The molecule has 1 atom stereocenters. The summed E-state index contributed by atoms with van der Waals surface area (Å²) in [6, 6.07) is 2.87. The molecular weight excluding hydrogens is 265 g/mol. The highest BCUT2D eigenvalue weighted by Crippen LogP contribution is 2.29. The standard InChI is InChI=1S/C11H9F3N2O3/c12-11(13,14)7-3-1-6(2-4-7)9(17)15-8-5-19-16-10(8)18/h1-4,8H,5H2,(H,15,17)(H,16,18). The van der Waals surface area contributed by atoms with Crippen LogP contribution in [0.3, 0.4) is 0 Å². The first-order valence-electron chi connectivity index (χ1n) is 5.27. The number of hydrogen-bond acceptors (Lipinski definition) is 3. The average molecular weight is 274 g/mol. The Hall–Kier alpha value is -2.09. The molecule has 8 heteroatoms. The normalized spacial score (nSPS) is 19.1. The topological polar surface area (TPSA) is 67.4 Å². The van der Waals surface area contributed by atoms with Crippen molar-refractivity contribution in [3.63, 3.8) is 0 Å². The Balaban J connectivity index is 2.05. The molecule has 2 rings (SSSR count). The number of hydrogen-bond donors (Lipinski definition) is 2. The van der Waals surface area contributed by atoms with Crippen LogP contribution in [0.4, 0.5) is 13.2 Å². The summed E-state index contributed by atoms with van der Waals surface area (Å²) in [6.07, 6.45) is -4.45. The van der Waals surface area contributed by atoms with Crippen molar-refractivity contribution in [1.29, 1.82) is 0 Å². The van der Waals surface area contributed by atoms with Crippen molar-refractivity contribution in [3.8, 4) is 0 Å². The van der Waals surface area contributed by atoms with Crippen molar-refractivity contribution in [2.45, 2.75) is 12.2 Å². The first kappa shape index (κ1) is 13.3. The summed E-state index contributed by atoms with van der Waals surface area (Å²) in [5.74, 6) is -1.14. The van der Waals surface area contributed by atoms with Crippen LogP contribution in [-0.2, 0) is 15.8 Å². The Kier molecular flexibility index (Phi) is 3.43. The van der Waals surface area contributed by atoms with E-state index >= 15 is 0 Å². The summed E-state index contributed by atoms with van der Waals surface area (Å²) in [4.78, 5) is 27.4. The number of alkyl halides is 3. The Labute approximate surface area is 105 Å². The molecule has 1 heterocycles. The third kappa shape index (κ3) is 3.02. The van der Waals surface area contributed by atoms with E-state index < -0.39 is 29.6 Å². The van der Waals surface area contributed by atoms with Crippen molar-refractivity contribution in [2.75, 3.05) is 6.61 Å². The predicted octanol–water partition coefficient (Wildman–Crippen LogP) is 0.865. The number of amides is 2. The van der Waals surface area contributed by atoms with E-state index in [4.69, 9.17) is 0 Å². The van der Waals surface area contributed by atoms with Gasteiger partial charge in [-0.15, -0.1) is 0 Å². The summed E-state index contributed by atoms with van der Waals surface area (Å²) < 4.78 is 37.0. The lowest BCUT2D eigenvalue weighted by molar-refractivity contribution is -0.137. The van der Waals surface area contributed by atoms with Gasteiger partial charge in [0.05, 0.1) is 5.56 Å². The van der Waals surface area contributed by atoms with Crippen LogP contribution in [0.25, 0.3) is 0 Å². The monoisotopic (exact) mass is 274 g/mol. The molecule has 2 N–H and O–H groups in total. The fourth-order valence-corrected chi connectivity index (χ4v) is 1.50. The summed E-state index contributed by atoms with van der Waals surface area (Å²) >= 11 is 0. The smallest absolute Gasteiger partial charge is 0.338 e. The summed E-state index contributed by atoms with van der Waals surface area (Å²) in [6.45, 7) is -0.0226. The van der Waals surface area contributed by atoms with Crippen LogP contribution in [0.5, 0.6) is 0 Å². The number of nitrogens with one attached hydrogen (secondary N) is 2. The minimum atomic E-state index is -4.45. The zero-order chi connectivity index (χ0) is 14.0. The Morgan fingerprint density at radius 3 is 2.42 bits per heavy atom. The molecule has 0 radical (unpaired) electrons. The summed E-state index contributed by atoms with van der Waals surface area (Å²) in [7, 11) is 0. The number of benzene rings is 1. The van der Waals surface area contributed by atoms with Crippen molar-refractivity contribution < 1.29 is 27.6 Å². The number of carbonyl (C=O) groups excluding carboxylic acids is 2. The molecule has 102 valence electrons. The third-order valence-electron chi connectivity index (χ3n) is 2.52. The van der Waals surface area contributed by atoms with Gasteiger partial charge < -0.3 is 5.32 Å². The van der Waals surface area contributed by atoms with Gasteiger partial charge in [-0.1, -0.05) is 0 Å². The van der Waals surface area contributed by atoms with E-state index in [9.17, 15) is 22.8 Å². The van der Waals surface area contributed by atoms with Crippen molar-refractivity contribution >= 4 is 11.8 Å². The fraction of sp³-hybridized carbons (Fsp3) is 0.273. The fourth-order valence-electron chi connectivity index (χ4n) is 1.50. The molecule has 1 unspecified atom stereocenters. The van der Waals surface area contributed by atoms with Crippen molar-refractivity contribution in [1.82, 2.24) is 10.8 Å². The van der Waals surface area contributed by atoms with Crippen LogP contribution in [-0.4, -0.2) is 24.5 Å². The van der Waals surface area contributed by atoms with E-state index in [-0.39, 0.29) is 12.2 Å². The molecule has 0 bridgehead atoms. The van der Waals surface area contributed by atoms with Crippen molar-refractivity contribution in [3.05, 3.63) is 35.4 Å². The Morgan fingerprint density at radius 2 is 1.95 bits per heavy atom. The summed E-state index contributed by atoms with van der Waals surface area (Å²) in [5.41, 5.74) is 1.25. The SMILES string of the molecule is O=C(NC1CONC1=O)c1ccc(C(F)(F)F)cc1. The predicted molar refractivity (Wildman–Crippen MR) is 56.8 cm³/mol. The van der Waals surface area contributed by atoms with E-state index in [1.165, 1.54) is 0 Å². The zero-order valence-electron chi connectivity index (χ0n) is 9.45. The third-order valence-corrected chi connectivity index (χ3v) is 2.52. The van der Waals surface area contributed by atoms with Crippen LogP contribution in [0, 0.1) is 0 Å². The van der Waals surface area contributed by atoms with Crippen LogP contribution < -0.4 is 10.8 Å². The molecule has 19 heavy (non-hydrogen) atoms. The molecule has 1 aliphatic rings. The highest BCUT2D eigenvalue weighted by Gasteiger charge is 2.31. The van der Waals surface area contributed by atoms with Gasteiger partial charge in [0.25, 0.3) is 11.8 Å². The first-order chi connectivity index (χ1) is 8.88. The molecule has 1 aromatic carbocycles. The second-order valence-corrected chi connectivity index (χ2v) is 3.88. The molecule has 1 aliphatic heterocycles. The van der Waals surface area contributed by atoms with E-state index in [2.05, 4.69) is 15.6 Å². The first-order valence-corrected chi connectivity index (χ1v) is 5.27.